The molecule has 1 heterocycles. The predicted octanol–water partition coefficient (Wildman–Crippen LogP) is 6.93. The molecule has 3 aromatic carbocycles. The zero-order chi connectivity index (χ0) is 21.1. The standard InChI is InChI=1S/C26H22ClN3/c1-18(2)21-11-7-19(8-12-21)15-22(16-28)26-29-24-5-3-4-6-25(24)30(26)17-20-9-13-23(27)14-10-20/h3-15,18H,17H2,1-2H3. The van der Waals surface area contributed by atoms with Gasteiger partial charge in [0.2, 0.25) is 0 Å². The quantitative estimate of drug-likeness (QED) is 0.334. The van der Waals surface area contributed by atoms with Gasteiger partial charge in [-0.15, -0.1) is 0 Å². The first-order valence-corrected chi connectivity index (χ1v) is 10.3. The fourth-order valence-corrected chi connectivity index (χ4v) is 3.63. The monoisotopic (exact) mass is 411 g/mol. The Morgan fingerprint density at radius 2 is 1.73 bits per heavy atom. The van der Waals surface area contributed by atoms with Crippen molar-refractivity contribution in [3.05, 3.63) is 100 Å². The molecule has 1 aromatic heterocycles. The van der Waals surface area contributed by atoms with Gasteiger partial charge in [0.05, 0.1) is 16.6 Å². The van der Waals surface area contributed by atoms with E-state index < -0.39 is 0 Å². The molecular formula is C26H22ClN3. The van der Waals surface area contributed by atoms with Crippen LogP contribution in [-0.2, 0) is 6.54 Å². The van der Waals surface area contributed by atoms with Gasteiger partial charge < -0.3 is 4.57 Å². The van der Waals surface area contributed by atoms with E-state index in [0.29, 0.717) is 28.9 Å². The van der Waals surface area contributed by atoms with E-state index in [-0.39, 0.29) is 0 Å². The summed E-state index contributed by atoms with van der Waals surface area (Å²) >= 11 is 6.04. The summed E-state index contributed by atoms with van der Waals surface area (Å²) < 4.78 is 2.09. The van der Waals surface area contributed by atoms with Gasteiger partial charge in [0.1, 0.15) is 6.07 Å². The first-order chi connectivity index (χ1) is 14.5. The number of hydrogen-bond donors (Lipinski definition) is 0. The zero-order valence-corrected chi connectivity index (χ0v) is 17.8. The number of fused-ring (bicyclic) bond motifs is 1. The lowest BCUT2D eigenvalue weighted by atomic mass is 10.0. The van der Waals surface area contributed by atoms with Crippen molar-refractivity contribution < 1.29 is 0 Å². The molecule has 0 unspecified atom stereocenters. The van der Waals surface area contributed by atoms with Crippen molar-refractivity contribution in [1.82, 2.24) is 9.55 Å². The van der Waals surface area contributed by atoms with Crippen molar-refractivity contribution in [2.45, 2.75) is 26.3 Å². The molecule has 0 N–H and O–H groups in total. The second kappa shape index (κ2) is 8.57. The third kappa shape index (κ3) is 4.15. The van der Waals surface area contributed by atoms with Crippen LogP contribution in [0.3, 0.4) is 0 Å². The van der Waals surface area contributed by atoms with E-state index in [2.05, 4.69) is 48.7 Å². The van der Waals surface area contributed by atoms with Crippen LogP contribution in [0.15, 0.2) is 72.8 Å². The van der Waals surface area contributed by atoms with E-state index in [0.717, 1.165) is 22.2 Å². The van der Waals surface area contributed by atoms with Gasteiger partial charge in [0.25, 0.3) is 0 Å². The smallest absolute Gasteiger partial charge is 0.152 e. The second-order valence-electron chi connectivity index (χ2n) is 7.63. The third-order valence-corrected chi connectivity index (χ3v) is 5.44. The maximum Gasteiger partial charge on any atom is 0.152 e. The summed E-state index contributed by atoms with van der Waals surface area (Å²) in [5.74, 6) is 1.14. The van der Waals surface area contributed by atoms with Crippen molar-refractivity contribution in [1.29, 1.82) is 5.26 Å². The van der Waals surface area contributed by atoms with Crippen molar-refractivity contribution in [3.8, 4) is 6.07 Å². The molecule has 0 fully saturated rings. The van der Waals surface area contributed by atoms with E-state index in [1.54, 1.807) is 0 Å². The van der Waals surface area contributed by atoms with Crippen LogP contribution in [0.25, 0.3) is 22.7 Å². The van der Waals surface area contributed by atoms with Gasteiger partial charge in [0, 0.05) is 11.6 Å². The molecule has 0 bridgehead atoms. The minimum atomic E-state index is 0.474. The van der Waals surface area contributed by atoms with E-state index in [1.165, 1.54) is 5.56 Å². The first-order valence-electron chi connectivity index (χ1n) is 9.97. The van der Waals surface area contributed by atoms with Gasteiger partial charge >= 0.3 is 0 Å². The molecule has 0 aliphatic carbocycles. The molecule has 0 aliphatic heterocycles. The maximum atomic E-state index is 9.95. The highest BCUT2D eigenvalue weighted by Crippen LogP contribution is 2.25. The summed E-state index contributed by atoms with van der Waals surface area (Å²) in [4.78, 5) is 4.79. The van der Waals surface area contributed by atoms with Crippen LogP contribution in [0.5, 0.6) is 0 Å². The van der Waals surface area contributed by atoms with Gasteiger partial charge in [-0.05, 0) is 52.9 Å². The van der Waals surface area contributed by atoms with Gasteiger partial charge in [-0.3, -0.25) is 0 Å². The van der Waals surface area contributed by atoms with E-state index in [1.807, 2.05) is 54.6 Å². The molecule has 0 saturated heterocycles. The van der Waals surface area contributed by atoms with Crippen LogP contribution >= 0.6 is 11.6 Å². The molecule has 0 radical (unpaired) electrons. The molecule has 0 amide bonds. The highest BCUT2D eigenvalue weighted by molar-refractivity contribution is 6.30. The number of nitriles is 1. The molecule has 0 spiro atoms. The number of benzene rings is 3. The van der Waals surface area contributed by atoms with E-state index in [4.69, 9.17) is 16.6 Å². The minimum absolute atomic E-state index is 0.474. The molecule has 0 saturated carbocycles. The van der Waals surface area contributed by atoms with Gasteiger partial charge in [-0.25, -0.2) is 4.98 Å². The van der Waals surface area contributed by atoms with Crippen LogP contribution in [0.2, 0.25) is 5.02 Å². The maximum absolute atomic E-state index is 9.95. The molecule has 0 aliphatic rings. The van der Waals surface area contributed by atoms with Crippen LogP contribution in [0.1, 0.15) is 42.3 Å². The fraction of sp³-hybridized carbons (Fsp3) is 0.154. The van der Waals surface area contributed by atoms with Gasteiger partial charge in [-0.2, -0.15) is 5.26 Å². The number of allylic oxidation sites excluding steroid dienone is 1. The third-order valence-electron chi connectivity index (χ3n) is 5.18. The minimum Gasteiger partial charge on any atom is -0.319 e. The molecule has 4 heteroatoms. The Balaban J connectivity index is 1.79. The summed E-state index contributed by atoms with van der Waals surface area (Å²) in [5, 5.41) is 10.7. The number of nitrogens with zero attached hydrogens (tertiary/aromatic N) is 3. The first kappa shape index (κ1) is 19.9. The average Bonchev–Trinajstić information content (AvgIpc) is 3.12. The molecule has 30 heavy (non-hydrogen) atoms. The molecule has 3 nitrogen and oxygen atoms in total. The Morgan fingerprint density at radius 1 is 1.03 bits per heavy atom. The number of halogens is 1. The summed E-state index contributed by atoms with van der Waals surface area (Å²) in [7, 11) is 0. The number of imidazole rings is 1. The number of aromatic nitrogens is 2. The SMILES string of the molecule is CC(C)c1ccc(C=C(C#N)c2nc3ccccc3n2Cc2ccc(Cl)cc2)cc1. The van der Waals surface area contributed by atoms with Crippen molar-refractivity contribution in [3.63, 3.8) is 0 Å². The Morgan fingerprint density at radius 3 is 2.40 bits per heavy atom. The van der Waals surface area contributed by atoms with Crippen LogP contribution in [0.4, 0.5) is 0 Å². The lowest BCUT2D eigenvalue weighted by Gasteiger charge is -2.10. The van der Waals surface area contributed by atoms with Gasteiger partial charge in [-0.1, -0.05) is 74.0 Å². The normalized spacial score (nSPS) is 11.8. The number of rotatable bonds is 5. The van der Waals surface area contributed by atoms with Crippen molar-refractivity contribution in [2.24, 2.45) is 0 Å². The molecule has 148 valence electrons. The summed E-state index contributed by atoms with van der Waals surface area (Å²) in [6, 6.07) is 26.4. The topological polar surface area (TPSA) is 41.6 Å². The highest BCUT2D eigenvalue weighted by atomic mass is 35.5. The Labute approximate surface area is 181 Å². The largest absolute Gasteiger partial charge is 0.319 e. The summed E-state index contributed by atoms with van der Waals surface area (Å²) in [6.45, 7) is 4.95. The van der Waals surface area contributed by atoms with Crippen LogP contribution < -0.4 is 0 Å². The van der Waals surface area contributed by atoms with Crippen molar-refractivity contribution >= 4 is 34.3 Å². The van der Waals surface area contributed by atoms with Crippen LogP contribution in [0, 0.1) is 11.3 Å². The van der Waals surface area contributed by atoms with E-state index >= 15 is 0 Å². The highest BCUT2D eigenvalue weighted by Gasteiger charge is 2.15. The fourth-order valence-electron chi connectivity index (χ4n) is 3.50. The van der Waals surface area contributed by atoms with Gasteiger partial charge in [0.15, 0.2) is 5.82 Å². The molecular weight excluding hydrogens is 390 g/mol. The number of hydrogen-bond acceptors (Lipinski definition) is 2. The average molecular weight is 412 g/mol. The Bertz CT molecular complexity index is 1240. The zero-order valence-electron chi connectivity index (χ0n) is 17.0. The molecule has 0 atom stereocenters. The predicted molar refractivity (Wildman–Crippen MR) is 124 cm³/mol. The molecule has 4 rings (SSSR count). The Hall–Kier alpha value is -3.35. The summed E-state index contributed by atoms with van der Waals surface area (Å²) in [6.07, 6.45) is 1.91. The summed E-state index contributed by atoms with van der Waals surface area (Å²) in [5.41, 5.74) is 5.78. The van der Waals surface area contributed by atoms with E-state index in [9.17, 15) is 5.26 Å². The Kier molecular flexibility index (Phi) is 5.70. The van der Waals surface area contributed by atoms with Crippen LogP contribution in [-0.4, -0.2) is 9.55 Å². The van der Waals surface area contributed by atoms with Crippen molar-refractivity contribution in [2.75, 3.05) is 0 Å². The molecule has 4 aromatic rings. The second-order valence-corrected chi connectivity index (χ2v) is 8.06. The lowest BCUT2D eigenvalue weighted by molar-refractivity contribution is 0.811. The lowest BCUT2D eigenvalue weighted by Crippen LogP contribution is -2.04. The number of para-hydroxylation sites is 2.